The molecule has 0 radical (unpaired) electrons. The molecular formula is C10H8F3N3O2. The van der Waals surface area contributed by atoms with Gasteiger partial charge in [-0.25, -0.2) is 4.98 Å². The van der Waals surface area contributed by atoms with Crippen LogP contribution in [0, 0.1) is 0 Å². The van der Waals surface area contributed by atoms with E-state index in [1.165, 1.54) is 6.08 Å². The number of alkyl halides is 3. The van der Waals surface area contributed by atoms with E-state index in [1.807, 2.05) is 0 Å². The molecule has 0 bridgehead atoms. The topological polar surface area (TPSA) is 55.2 Å². The average molecular weight is 259 g/mol. The van der Waals surface area contributed by atoms with E-state index in [9.17, 15) is 22.8 Å². The molecule has 1 aliphatic heterocycles. The standard InChI is InChI=1S/C10H8F3N3O2/c1-2-3-15-8(18)5-16-7(17)4-6(10(11,12)13)14-9(15)16/h2,4H,1,3,5H2. The van der Waals surface area contributed by atoms with Gasteiger partial charge in [0.2, 0.25) is 11.9 Å². The Morgan fingerprint density at radius 3 is 2.67 bits per heavy atom. The summed E-state index contributed by atoms with van der Waals surface area (Å²) in [5.41, 5.74) is -2.20. The van der Waals surface area contributed by atoms with E-state index < -0.39 is 23.3 Å². The fourth-order valence-electron chi connectivity index (χ4n) is 1.64. The molecule has 0 aromatic carbocycles. The predicted octanol–water partition coefficient (Wildman–Crippen LogP) is 0.795. The van der Waals surface area contributed by atoms with Crippen molar-refractivity contribution in [1.29, 1.82) is 0 Å². The van der Waals surface area contributed by atoms with Crippen molar-refractivity contribution >= 4 is 11.9 Å². The van der Waals surface area contributed by atoms with Crippen molar-refractivity contribution in [1.82, 2.24) is 9.55 Å². The van der Waals surface area contributed by atoms with Crippen LogP contribution in [0.15, 0.2) is 23.5 Å². The molecule has 0 unspecified atom stereocenters. The first-order valence-corrected chi connectivity index (χ1v) is 4.95. The highest BCUT2D eigenvalue weighted by atomic mass is 19.4. The summed E-state index contributed by atoms with van der Waals surface area (Å²) in [7, 11) is 0. The fourth-order valence-corrected chi connectivity index (χ4v) is 1.64. The first kappa shape index (κ1) is 12.3. The van der Waals surface area contributed by atoms with Crippen LogP contribution in [0.2, 0.25) is 0 Å². The van der Waals surface area contributed by atoms with Gasteiger partial charge in [-0.05, 0) is 0 Å². The zero-order chi connectivity index (χ0) is 13.5. The zero-order valence-electron chi connectivity index (χ0n) is 9.07. The van der Waals surface area contributed by atoms with Gasteiger partial charge in [0.15, 0.2) is 5.69 Å². The third-order valence-electron chi connectivity index (χ3n) is 2.43. The molecule has 96 valence electrons. The van der Waals surface area contributed by atoms with Crippen molar-refractivity contribution in [3.8, 4) is 0 Å². The monoisotopic (exact) mass is 259 g/mol. The Balaban J connectivity index is 2.59. The Morgan fingerprint density at radius 1 is 1.44 bits per heavy atom. The van der Waals surface area contributed by atoms with Gasteiger partial charge in [-0.2, -0.15) is 13.2 Å². The molecule has 0 spiro atoms. The van der Waals surface area contributed by atoms with Crippen molar-refractivity contribution in [3.05, 3.63) is 34.8 Å². The third-order valence-corrected chi connectivity index (χ3v) is 2.43. The van der Waals surface area contributed by atoms with Gasteiger partial charge in [0.1, 0.15) is 6.54 Å². The number of rotatable bonds is 2. The summed E-state index contributed by atoms with van der Waals surface area (Å²) in [6, 6.07) is 0.383. The second kappa shape index (κ2) is 3.97. The number of hydrogen-bond acceptors (Lipinski definition) is 3. The lowest BCUT2D eigenvalue weighted by Gasteiger charge is -2.14. The predicted molar refractivity (Wildman–Crippen MR) is 56.0 cm³/mol. The molecule has 1 amide bonds. The van der Waals surface area contributed by atoms with E-state index >= 15 is 0 Å². The van der Waals surface area contributed by atoms with Crippen molar-refractivity contribution in [2.45, 2.75) is 12.7 Å². The second-order valence-electron chi connectivity index (χ2n) is 3.66. The van der Waals surface area contributed by atoms with Gasteiger partial charge in [0, 0.05) is 12.6 Å². The molecule has 0 N–H and O–H groups in total. The normalized spacial score (nSPS) is 14.8. The maximum absolute atomic E-state index is 12.5. The van der Waals surface area contributed by atoms with Crippen LogP contribution in [0.25, 0.3) is 0 Å². The lowest BCUT2D eigenvalue weighted by Crippen LogP contribution is -2.28. The molecule has 0 saturated carbocycles. The summed E-state index contributed by atoms with van der Waals surface area (Å²) in [4.78, 5) is 27.3. The van der Waals surface area contributed by atoms with Crippen molar-refractivity contribution in [2.24, 2.45) is 0 Å². The maximum atomic E-state index is 12.5. The van der Waals surface area contributed by atoms with E-state index in [2.05, 4.69) is 11.6 Å². The van der Waals surface area contributed by atoms with Crippen LogP contribution in [-0.2, 0) is 17.5 Å². The summed E-state index contributed by atoms with van der Waals surface area (Å²) in [6.45, 7) is 3.10. The van der Waals surface area contributed by atoms with E-state index in [1.54, 1.807) is 0 Å². The molecule has 1 aliphatic rings. The molecule has 0 fully saturated rings. The quantitative estimate of drug-likeness (QED) is 0.738. The van der Waals surface area contributed by atoms with Gasteiger partial charge < -0.3 is 0 Å². The van der Waals surface area contributed by atoms with Crippen LogP contribution in [0.3, 0.4) is 0 Å². The van der Waals surface area contributed by atoms with Gasteiger partial charge in [0.05, 0.1) is 0 Å². The van der Waals surface area contributed by atoms with Gasteiger partial charge in [-0.1, -0.05) is 6.08 Å². The van der Waals surface area contributed by atoms with Crippen LogP contribution in [0.4, 0.5) is 19.1 Å². The molecule has 1 aromatic heterocycles. The van der Waals surface area contributed by atoms with E-state index in [4.69, 9.17) is 0 Å². The molecule has 0 atom stereocenters. The van der Waals surface area contributed by atoms with Gasteiger partial charge in [-0.3, -0.25) is 19.1 Å². The molecule has 0 saturated heterocycles. The van der Waals surface area contributed by atoms with Crippen molar-refractivity contribution < 1.29 is 18.0 Å². The highest BCUT2D eigenvalue weighted by molar-refractivity contribution is 5.95. The first-order chi connectivity index (χ1) is 8.34. The SMILES string of the molecule is C=CCN1C(=O)Cn2c1nc(C(F)(F)F)cc2=O. The molecule has 5 nitrogen and oxygen atoms in total. The molecule has 18 heavy (non-hydrogen) atoms. The lowest BCUT2D eigenvalue weighted by molar-refractivity contribution is -0.141. The smallest absolute Gasteiger partial charge is 0.277 e. The molecule has 0 aliphatic carbocycles. The molecule has 2 heterocycles. The second-order valence-corrected chi connectivity index (χ2v) is 3.66. The highest BCUT2D eigenvalue weighted by Gasteiger charge is 2.37. The number of fused-ring (bicyclic) bond motifs is 1. The minimum Gasteiger partial charge on any atom is -0.277 e. The summed E-state index contributed by atoms with van der Waals surface area (Å²) in [6.07, 6.45) is -3.37. The number of aromatic nitrogens is 2. The Bertz CT molecular complexity index is 577. The van der Waals surface area contributed by atoms with Gasteiger partial charge in [-0.15, -0.1) is 6.58 Å². The van der Waals surface area contributed by atoms with E-state index in [0.29, 0.717) is 6.07 Å². The summed E-state index contributed by atoms with van der Waals surface area (Å²) < 4.78 is 38.4. The van der Waals surface area contributed by atoms with E-state index in [-0.39, 0.29) is 19.0 Å². The number of hydrogen-bond donors (Lipinski definition) is 0. The number of amides is 1. The first-order valence-electron chi connectivity index (χ1n) is 4.95. The summed E-state index contributed by atoms with van der Waals surface area (Å²) in [5.74, 6) is -0.779. The number of carbonyl (C=O) groups excluding carboxylic acids is 1. The molecule has 2 rings (SSSR count). The number of nitrogens with zero attached hydrogens (tertiary/aromatic N) is 3. The highest BCUT2D eigenvalue weighted by Crippen LogP contribution is 2.29. The fraction of sp³-hybridized carbons (Fsp3) is 0.300. The van der Waals surface area contributed by atoms with Crippen LogP contribution in [0.5, 0.6) is 0 Å². The average Bonchev–Trinajstić information content (AvgIpc) is 2.56. The van der Waals surface area contributed by atoms with Crippen molar-refractivity contribution in [3.63, 3.8) is 0 Å². The minimum absolute atomic E-state index is 0.00653. The van der Waals surface area contributed by atoms with Gasteiger partial charge in [0.25, 0.3) is 5.56 Å². The Labute approximate surface area is 99.2 Å². The largest absolute Gasteiger partial charge is 0.433 e. The maximum Gasteiger partial charge on any atom is 0.433 e. The summed E-state index contributed by atoms with van der Waals surface area (Å²) in [5, 5.41) is 0. The Hall–Kier alpha value is -2.12. The Morgan fingerprint density at radius 2 is 2.11 bits per heavy atom. The summed E-state index contributed by atoms with van der Waals surface area (Å²) >= 11 is 0. The van der Waals surface area contributed by atoms with Crippen LogP contribution in [-0.4, -0.2) is 22.0 Å². The van der Waals surface area contributed by atoms with Crippen LogP contribution in [0.1, 0.15) is 5.69 Å². The number of anilines is 1. The Kier molecular flexibility index (Phi) is 2.72. The number of halogens is 3. The van der Waals surface area contributed by atoms with E-state index in [0.717, 1.165) is 9.47 Å². The van der Waals surface area contributed by atoms with Gasteiger partial charge >= 0.3 is 6.18 Å². The van der Waals surface area contributed by atoms with Crippen LogP contribution >= 0.6 is 0 Å². The van der Waals surface area contributed by atoms with Crippen molar-refractivity contribution in [2.75, 3.05) is 11.4 Å². The zero-order valence-corrected chi connectivity index (χ0v) is 9.07. The lowest BCUT2D eigenvalue weighted by atomic mass is 10.4. The third kappa shape index (κ3) is 1.89. The molecule has 8 heteroatoms. The number of carbonyl (C=O) groups is 1. The molecule has 1 aromatic rings. The van der Waals surface area contributed by atoms with Crippen LogP contribution < -0.4 is 10.5 Å². The molecular weight excluding hydrogens is 251 g/mol. The minimum atomic E-state index is -4.72.